The van der Waals surface area contributed by atoms with Gasteiger partial charge in [-0.2, -0.15) is 0 Å². The van der Waals surface area contributed by atoms with Crippen LogP contribution >= 0.6 is 0 Å². The number of hydrogen-bond acceptors (Lipinski definition) is 6. The number of carbonyl (C=O) groups excluding carboxylic acids is 1. The van der Waals surface area contributed by atoms with Crippen molar-refractivity contribution in [2.45, 2.75) is 55.3 Å². The predicted molar refractivity (Wildman–Crippen MR) is 121 cm³/mol. The van der Waals surface area contributed by atoms with E-state index in [0.29, 0.717) is 42.4 Å². The van der Waals surface area contributed by atoms with Gasteiger partial charge in [0.05, 0.1) is 24.5 Å². The molecule has 1 atom stereocenters. The molecule has 1 amide bonds. The van der Waals surface area contributed by atoms with Gasteiger partial charge in [0.15, 0.2) is 0 Å². The lowest BCUT2D eigenvalue weighted by molar-refractivity contribution is -0.121. The van der Waals surface area contributed by atoms with E-state index in [4.69, 9.17) is 9.47 Å². The molecule has 2 heterocycles. The summed E-state index contributed by atoms with van der Waals surface area (Å²) in [4.78, 5) is 13.5. The van der Waals surface area contributed by atoms with Gasteiger partial charge in [-0.25, -0.2) is 13.1 Å². The zero-order valence-electron chi connectivity index (χ0n) is 18.1. The summed E-state index contributed by atoms with van der Waals surface area (Å²) in [5, 5.41) is 3.24. The lowest BCUT2D eigenvalue weighted by Crippen LogP contribution is -2.37. The van der Waals surface area contributed by atoms with Gasteiger partial charge in [0.2, 0.25) is 5.91 Å². The molecule has 0 bridgehead atoms. The largest absolute Gasteiger partial charge is 0.496 e. The van der Waals surface area contributed by atoms with Crippen LogP contribution in [-0.4, -0.2) is 34.6 Å². The highest BCUT2D eigenvalue weighted by atomic mass is 32.2. The summed E-state index contributed by atoms with van der Waals surface area (Å²) >= 11 is 0. The maximum absolute atomic E-state index is 13.3. The first-order valence-corrected chi connectivity index (χ1v) is 12.7. The zero-order chi connectivity index (χ0) is 22.3. The summed E-state index contributed by atoms with van der Waals surface area (Å²) in [6.07, 6.45) is 5.28. The van der Waals surface area contributed by atoms with Crippen LogP contribution in [-0.2, 0) is 21.2 Å². The molecule has 2 aromatic rings. The molecule has 5 rings (SSSR count). The summed E-state index contributed by atoms with van der Waals surface area (Å²) in [6, 6.07) is 9.02. The predicted octanol–water partition coefficient (Wildman–Crippen LogP) is 3.69. The number of ether oxygens (including phenoxy) is 2. The van der Waals surface area contributed by atoms with Crippen molar-refractivity contribution < 1.29 is 22.7 Å². The van der Waals surface area contributed by atoms with E-state index in [-0.39, 0.29) is 4.90 Å². The van der Waals surface area contributed by atoms with Gasteiger partial charge < -0.3 is 14.8 Å². The summed E-state index contributed by atoms with van der Waals surface area (Å²) in [6.45, 7) is 1.17. The minimum atomic E-state index is -4.01. The second-order valence-corrected chi connectivity index (χ2v) is 10.4. The van der Waals surface area contributed by atoms with Gasteiger partial charge in [-0.3, -0.25) is 4.79 Å². The number of carbonyl (C=O) groups is 1. The number of nitrogens with one attached hydrogen (secondary N) is 2. The van der Waals surface area contributed by atoms with E-state index in [1.165, 1.54) is 6.42 Å². The molecular weight excluding hydrogens is 428 g/mol. The lowest BCUT2D eigenvalue weighted by Gasteiger charge is -2.33. The maximum atomic E-state index is 13.3. The van der Waals surface area contributed by atoms with Crippen molar-refractivity contribution in [3.63, 3.8) is 0 Å². The molecule has 2 aromatic carbocycles. The van der Waals surface area contributed by atoms with Crippen LogP contribution < -0.4 is 19.5 Å². The molecule has 1 fully saturated rings. The minimum Gasteiger partial charge on any atom is -0.496 e. The molecule has 8 heteroatoms. The molecule has 2 aliphatic heterocycles. The van der Waals surface area contributed by atoms with Crippen molar-refractivity contribution in [1.82, 2.24) is 4.72 Å². The van der Waals surface area contributed by atoms with Crippen LogP contribution in [0.2, 0.25) is 0 Å². The monoisotopic (exact) mass is 456 g/mol. The lowest BCUT2D eigenvalue weighted by atomic mass is 9.77. The second kappa shape index (κ2) is 8.31. The molecule has 170 valence electrons. The molecule has 0 spiro atoms. The Labute approximate surface area is 188 Å². The molecule has 3 aliphatic rings. The van der Waals surface area contributed by atoms with Crippen molar-refractivity contribution >= 4 is 21.6 Å². The van der Waals surface area contributed by atoms with E-state index in [0.717, 1.165) is 42.6 Å². The fourth-order valence-electron chi connectivity index (χ4n) is 4.98. The average Bonchev–Trinajstić information content (AvgIpc) is 2.77. The highest BCUT2D eigenvalue weighted by Gasteiger charge is 2.37. The highest BCUT2D eigenvalue weighted by molar-refractivity contribution is 7.90. The number of amides is 1. The van der Waals surface area contributed by atoms with Gasteiger partial charge in [-0.05, 0) is 67.3 Å². The molecule has 0 aromatic heterocycles. The summed E-state index contributed by atoms with van der Waals surface area (Å²) in [7, 11) is -2.46. The van der Waals surface area contributed by atoms with Crippen LogP contribution in [0, 0.1) is 0 Å². The maximum Gasteiger partial charge on any atom is 0.264 e. The van der Waals surface area contributed by atoms with Crippen molar-refractivity contribution in [3.05, 3.63) is 47.0 Å². The van der Waals surface area contributed by atoms with Crippen LogP contribution in [0.4, 0.5) is 5.69 Å². The molecule has 1 saturated carbocycles. The van der Waals surface area contributed by atoms with Gasteiger partial charge in [0.25, 0.3) is 10.0 Å². The second-order valence-electron chi connectivity index (χ2n) is 8.70. The first-order chi connectivity index (χ1) is 15.5. The van der Waals surface area contributed by atoms with Crippen molar-refractivity contribution in [2.24, 2.45) is 0 Å². The van der Waals surface area contributed by atoms with Gasteiger partial charge in [-0.15, -0.1) is 0 Å². The standard InChI is InChI=1S/C24H28N2O5S/c1-30-20-11-10-16(15-5-2-6-15)23-22(20)18(12-14-31-23)24(27)26-32(28,29)21-9-3-8-19-17(21)7-4-13-25-19/h3,8-11,15,18,25H,2,4-7,12-14H2,1H3,(H,26,27). The molecule has 7 nitrogen and oxygen atoms in total. The smallest absolute Gasteiger partial charge is 0.264 e. The van der Waals surface area contributed by atoms with Gasteiger partial charge in [0, 0.05) is 17.8 Å². The van der Waals surface area contributed by atoms with Crippen molar-refractivity contribution in [3.8, 4) is 11.5 Å². The van der Waals surface area contributed by atoms with Gasteiger partial charge in [0.1, 0.15) is 11.5 Å². The fraction of sp³-hybridized carbons (Fsp3) is 0.458. The van der Waals surface area contributed by atoms with E-state index in [9.17, 15) is 13.2 Å². The van der Waals surface area contributed by atoms with Crippen molar-refractivity contribution in [1.29, 1.82) is 0 Å². The number of sulfonamides is 1. The first kappa shape index (κ1) is 21.1. The molecule has 1 aliphatic carbocycles. The number of methoxy groups -OCH3 is 1. The van der Waals surface area contributed by atoms with Crippen LogP contribution in [0.1, 0.15) is 60.6 Å². The van der Waals surface area contributed by atoms with Gasteiger partial charge in [-0.1, -0.05) is 18.6 Å². The topological polar surface area (TPSA) is 93.7 Å². The van der Waals surface area contributed by atoms with Gasteiger partial charge >= 0.3 is 0 Å². The Morgan fingerprint density at radius 1 is 1.16 bits per heavy atom. The highest BCUT2D eigenvalue weighted by Crippen LogP contribution is 2.49. The minimum absolute atomic E-state index is 0.165. The van der Waals surface area contributed by atoms with Crippen molar-refractivity contribution in [2.75, 3.05) is 25.6 Å². The van der Waals surface area contributed by atoms with E-state index < -0.39 is 21.8 Å². The number of fused-ring (bicyclic) bond motifs is 2. The Balaban J connectivity index is 1.48. The van der Waals surface area contributed by atoms with Crippen LogP contribution in [0.3, 0.4) is 0 Å². The number of hydrogen-bond donors (Lipinski definition) is 2. The Hall–Kier alpha value is -2.74. The zero-order valence-corrected chi connectivity index (χ0v) is 19.0. The quantitative estimate of drug-likeness (QED) is 0.713. The number of anilines is 1. The molecule has 0 saturated heterocycles. The normalized spacial score (nSPS) is 20.1. The third kappa shape index (κ3) is 3.60. The average molecular weight is 457 g/mol. The molecular formula is C24H28N2O5S. The molecule has 32 heavy (non-hydrogen) atoms. The molecule has 2 N–H and O–H groups in total. The Bertz CT molecular complexity index is 1160. The Kier molecular flexibility index (Phi) is 5.49. The van der Waals surface area contributed by atoms with Crippen LogP contribution in [0.15, 0.2) is 35.2 Å². The first-order valence-electron chi connectivity index (χ1n) is 11.3. The van der Waals surface area contributed by atoms with E-state index in [1.807, 2.05) is 18.2 Å². The Morgan fingerprint density at radius 2 is 2.00 bits per heavy atom. The SMILES string of the molecule is COc1ccc(C2CCC2)c2c1C(C(=O)NS(=O)(=O)c1cccc3c1CCCN3)CCO2. The van der Waals surface area contributed by atoms with E-state index in [2.05, 4.69) is 10.0 Å². The number of rotatable bonds is 5. The van der Waals surface area contributed by atoms with E-state index >= 15 is 0 Å². The summed E-state index contributed by atoms with van der Waals surface area (Å²) in [5.41, 5.74) is 3.30. The summed E-state index contributed by atoms with van der Waals surface area (Å²) < 4.78 is 40.4. The fourth-order valence-corrected chi connectivity index (χ4v) is 6.29. The summed E-state index contributed by atoms with van der Waals surface area (Å²) in [5.74, 6) is 0.477. The van der Waals surface area contributed by atoms with E-state index in [1.54, 1.807) is 19.2 Å². The van der Waals surface area contributed by atoms with Crippen LogP contribution in [0.25, 0.3) is 0 Å². The third-order valence-electron chi connectivity index (χ3n) is 6.85. The Morgan fingerprint density at radius 3 is 2.75 bits per heavy atom. The molecule has 0 radical (unpaired) electrons. The molecule has 1 unspecified atom stereocenters. The number of benzene rings is 2. The van der Waals surface area contributed by atoms with Crippen LogP contribution in [0.5, 0.6) is 11.5 Å². The third-order valence-corrected chi connectivity index (χ3v) is 8.28.